The van der Waals surface area contributed by atoms with Crippen LogP contribution in [0, 0.1) is 13.8 Å². The largest absolute Gasteiger partial charge is 0.333 e. The molecular weight excluding hydrogens is 490 g/mol. The average molecular weight is 520 g/mol. The lowest BCUT2D eigenvalue weighted by atomic mass is 10.0. The van der Waals surface area contributed by atoms with Gasteiger partial charge in [-0.25, -0.2) is 4.68 Å². The van der Waals surface area contributed by atoms with E-state index in [1.807, 2.05) is 71.6 Å². The van der Waals surface area contributed by atoms with Gasteiger partial charge in [0, 0.05) is 23.7 Å². The van der Waals surface area contributed by atoms with Crippen LogP contribution in [0.25, 0.3) is 16.9 Å². The van der Waals surface area contributed by atoms with Gasteiger partial charge >= 0.3 is 0 Å². The molecule has 0 aliphatic heterocycles. The third-order valence-corrected chi connectivity index (χ3v) is 7.07. The molecular formula is C33H30ClN3O. The minimum Gasteiger partial charge on any atom is -0.333 e. The fourth-order valence-electron chi connectivity index (χ4n) is 4.48. The van der Waals surface area contributed by atoms with Gasteiger partial charge in [-0.2, -0.15) is 5.10 Å². The van der Waals surface area contributed by atoms with E-state index in [1.54, 1.807) is 4.68 Å². The van der Waals surface area contributed by atoms with E-state index in [4.69, 9.17) is 16.7 Å². The van der Waals surface area contributed by atoms with Crippen molar-refractivity contribution in [3.05, 3.63) is 142 Å². The maximum Gasteiger partial charge on any atom is 0.272 e. The fraction of sp³-hybridized carbons (Fsp3) is 0.152. The maximum absolute atomic E-state index is 14.2. The Morgan fingerprint density at radius 3 is 2.11 bits per heavy atom. The molecule has 1 aromatic heterocycles. The van der Waals surface area contributed by atoms with Gasteiger partial charge < -0.3 is 4.90 Å². The third kappa shape index (κ3) is 5.87. The number of nitrogens with zero attached hydrogens (tertiary/aromatic N) is 3. The smallest absolute Gasteiger partial charge is 0.272 e. The van der Waals surface area contributed by atoms with Gasteiger partial charge in [-0.3, -0.25) is 4.79 Å². The molecule has 0 atom stereocenters. The van der Waals surface area contributed by atoms with Gasteiger partial charge in [-0.15, -0.1) is 0 Å². The number of carbonyl (C=O) groups is 1. The molecule has 0 radical (unpaired) electrons. The summed E-state index contributed by atoms with van der Waals surface area (Å²) < 4.78 is 1.74. The lowest BCUT2D eigenvalue weighted by Crippen LogP contribution is -2.34. The van der Waals surface area contributed by atoms with Gasteiger partial charge in [0.05, 0.1) is 11.4 Å². The van der Waals surface area contributed by atoms with E-state index in [-0.39, 0.29) is 5.91 Å². The Morgan fingerprint density at radius 2 is 1.45 bits per heavy atom. The Hall–Kier alpha value is -4.15. The van der Waals surface area contributed by atoms with E-state index in [2.05, 4.69) is 56.3 Å². The Bertz CT molecular complexity index is 1530. The second kappa shape index (κ2) is 11.5. The summed E-state index contributed by atoms with van der Waals surface area (Å²) in [7, 11) is 0. The quantitative estimate of drug-likeness (QED) is 0.211. The molecule has 0 saturated carbocycles. The molecule has 5 heteroatoms. The molecule has 1 heterocycles. The number of benzene rings is 4. The van der Waals surface area contributed by atoms with Crippen molar-refractivity contribution in [1.82, 2.24) is 14.7 Å². The molecule has 4 nitrogen and oxygen atoms in total. The van der Waals surface area contributed by atoms with E-state index >= 15 is 0 Å². The molecule has 0 bridgehead atoms. The zero-order valence-electron chi connectivity index (χ0n) is 21.6. The summed E-state index contributed by atoms with van der Waals surface area (Å²) in [6.45, 7) is 5.28. The topological polar surface area (TPSA) is 38.1 Å². The summed E-state index contributed by atoms with van der Waals surface area (Å²) in [5.74, 6) is -0.0673. The normalized spacial score (nSPS) is 10.9. The van der Waals surface area contributed by atoms with Crippen molar-refractivity contribution in [3.8, 4) is 16.9 Å². The first-order valence-corrected chi connectivity index (χ1v) is 13.2. The lowest BCUT2D eigenvalue weighted by molar-refractivity contribution is 0.0736. The van der Waals surface area contributed by atoms with Crippen molar-refractivity contribution in [2.45, 2.75) is 26.8 Å². The summed E-state index contributed by atoms with van der Waals surface area (Å²) in [4.78, 5) is 16.1. The molecule has 0 spiro atoms. The molecule has 0 fully saturated rings. The van der Waals surface area contributed by atoms with Crippen LogP contribution in [-0.2, 0) is 13.0 Å². The highest BCUT2D eigenvalue weighted by Gasteiger charge is 2.23. The van der Waals surface area contributed by atoms with Gasteiger partial charge in [-0.05, 0) is 78.9 Å². The molecule has 190 valence electrons. The summed E-state index contributed by atoms with van der Waals surface area (Å²) in [6, 6.07) is 36.0. The molecule has 1 amide bonds. The van der Waals surface area contributed by atoms with Gasteiger partial charge in [0.25, 0.3) is 5.91 Å². The van der Waals surface area contributed by atoms with Crippen LogP contribution < -0.4 is 0 Å². The zero-order valence-corrected chi connectivity index (χ0v) is 22.4. The number of hydrogen-bond acceptors (Lipinski definition) is 2. The Kier molecular flexibility index (Phi) is 7.71. The summed E-state index contributed by atoms with van der Waals surface area (Å²) >= 11 is 6.17. The molecule has 0 N–H and O–H groups in total. The Morgan fingerprint density at radius 1 is 0.789 bits per heavy atom. The first-order chi connectivity index (χ1) is 18.5. The monoisotopic (exact) mass is 519 g/mol. The number of aromatic nitrogens is 2. The lowest BCUT2D eigenvalue weighted by Gasteiger charge is -2.23. The Balaban J connectivity index is 1.55. The minimum absolute atomic E-state index is 0.0673. The van der Waals surface area contributed by atoms with Crippen LogP contribution in [0.5, 0.6) is 0 Å². The van der Waals surface area contributed by atoms with Gasteiger partial charge in [0.2, 0.25) is 0 Å². The first-order valence-electron chi connectivity index (χ1n) is 12.8. The van der Waals surface area contributed by atoms with Gasteiger partial charge in [-0.1, -0.05) is 84.4 Å². The van der Waals surface area contributed by atoms with Gasteiger partial charge in [0.1, 0.15) is 5.69 Å². The Labute approximate surface area is 229 Å². The van der Waals surface area contributed by atoms with E-state index in [0.29, 0.717) is 23.8 Å². The van der Waals surface area contributed by atoms with Crippen LogP contribution in [0.1, 0.15) is 32.7 Å². The van der Waals surface area contributed by atoms with Crippen molar-refractivity contribution in [1.29, 1.82) is 0 Å². The molecule has 0 saturated heterocycles. The highest BCUT2D eigenvalue weighted by atomic mass is 35.5. The van der Waals surface area contributed by atoms with Crippen molar-refractivity contribution < 1.29 is 4.79 Å². The second-order valence-corrected chi connectivity index (χ2v) is 9.99. The summed E-state index contributed by atoms with van der Waals surface area (Å²) in [5, 5.41) is 5.54. The molecule has 5 aromatic rings. The highest BCUT2D eigenvalue weighted by molar-refractivity contribution is 6.30. The molecule has 5 rings (SSSR count). The van der Waals surface area contributed by atoms with Crippen molar-refractivity contribution in [2.75, 3.05) is 6.54 Å². The maximum atomic E-state index is 14.2. The molecule has 38 heavy (non-hydrogen) atoms. The second-order valence-electron chi connectivity index (χ2n) is 9.55. The number of carbonyl (C=O) groups excluding carboxylic acids is 1. The number of halogens is 1. The van der Waals surface area contributed by atoms with Crippen LogP contribution >= 0.6 is 11.6 Å². The van der Waals surface area contributed by atoms with Crippen LogP contribution in [0.2, 0.25) is 5.02 Å². The molecule has 0 aliphatic rings. The number of rotatable bonds is 8. The van der Waals surface area contributed by atoms with Crippen LogP contribution in [0.4, 0.5) is 0 Å². The fourth-order valence-corrected chi connectivity index (χ4v) is 4.61. The van der Waals surface area contributed by atoms with E-state index < -0.39 is 0 Å². The standard InChI is InChI=1S/C33H30ClN3O/c1-24-13-14-28(21-25(24)2)31-22-32(37(35-31)30-17-15-29(34)16-18-30)33(38)36(23-27-11-7-4-8-12-27)20-19-26-9-5-3-6-10-26/h3-18,21-22H,19-20,23H2,1-2H3. The predicted octanol–water partition coefficient (Wildman–Crippen LogP) is 7.69. The van der Waals surface area contributed by atoms with E-state index in [9.17, 15) is 4.79 Å². The SMILES string of the molecule is Cc1ccc(-c2cc(C(=O)N(CCc3ccccc3)Cc3ccccc3)n(-c3ccc(Cl)cc3)n2)cc1C. The van der Waals surface area contributed by atoms with Crippen LogP contribution in [0.3, 0.4) is 0 Å². The minimum atomic E-state index is -0.0673. The van der Waals surface area contributed by atoms with Crippen molar-refractivity contribution in [3.63, 3.8) is 0 Å². The first kappa shape index (κ1) is 25.5. The molecule has 0 aliphatic carbocycles. The van der Waals surface area contributed by atoms with E-state index in [1.165, 1.54) is 16.7 Å². The molecule has 0 unspecified atom stereocenters. The van der Waals surface area contributed by atoms with Crippen LogP contribution in [0.15, 0.2) is 109 Å². The zero-order chi connectivity index (χ0) is 26.5. The highest BCUT2D eigenvalue weighted by Crippen LogP contribution is 2.26. The molecule has 4 aromatic carbocycles. The number of hydrogen-bond donors (Lipinski definition) is 0. The summed E-state index contributed by atoms with van der Waals surface area (Å²) in [6.07, 6.45) is 0.762. The van der Waals surface area contributed by atoms with Crippen LogP contribution in [-0.4, -0.2) is 27.1 Å². The van der Waals surface area contributed by atoms with Crippen molar-refractivity contribution in [2.24, 2.45) is 0 Å². The van der Waals surface area contributed by atoms with E-state index in [0.717, 1.165) is 28.9 Å². The summed E-state index contributed by atoms with van der Waals surface area (Å²) in [5.41, 5.74) is 7.73. The predicted molar refractivity (Wildman–Crippen MR) is 155 cm³/mol. The van der Waals surface area contributed by atoms with Gasteiger partial charge in [0.15, 0.2) is 0 Å². The average Bonchev–Trinajstić information content (AvgIpc) is 3.39. The third-order valence-electron chi connectivity index (χ3n) is 6.82. The number of amides is 1. The number of aryl methyl sites for hydroxylation is 2. The van der Waals surface area contributed by atoms with Crippen molar-refractivity contribution >= 4 is 17.5 Å².